The molecule has 0 saturated heterocycles. The van der Waals surface area contributed by atoms with Gasteiger partial charge >= 0.3 is 9.53 Å². The molecule has 0 aliphatic rings. The Labute approximate surface area is 118 Å². The molecule has 0 saturated carbocycles. The molecule has 7 heteroatoms. The molecule has 0 aromatic heterocycles. The summed E-state index contributed by atoms with van der Waals surface area (Å²) in [5, 5.41) is 0. The Balaban J connectivity index is 4.51. The second kappa shape index (κ2) is 11.8. The summed E-state index contributed by atoms with van der Waals surface area (Å²) >= 11 is 0. The lowest BCUT2D eigenvalue weighted by molar-refractivity contribution is -0.161. The number of hydrogen-bond donors (Lipinski definition) is 0. The van der Waals surface area contributed by atoms with Crippen LogP contribution in [0.25, 0.3) is 0 Å². The van der Waals surface area contributed by atoms with Gasteiger partial charge in [0.25, 0.3) is 0 Å². The fraction of sp³-hybridized carbons (Fsp3) is 1.00. The zero-order chi connectivity index (χ0) is 14.7. The van der Waals surface area contributed by atoms with Crippen molar-refractivity contribution in [1.82, 2.24) is 0 Å². The molecule has 116 valence electrons. The Morgan fingerprint density at radius 3 is 1.05 bits per heavy atom. The highest BCUT2D eigenvalue weighted by molar-refractivity contribution is 6.36. The van der Waals surface area contributed by atoms with Crippen LogP contribution < -0.4 is 0 Å². The molecule has 0 aliphatic heterocycles. The van der Waals surface area contributed by atoms with E-state index in [2.05, 4.69) is 0 Å². The van der Waals surface area contributed by atoms with Gasteiger partial charge in [0.05, 0.1) is 0 Å². The maximum Gasteiger partial charge on any atom is 0.490 e. The Morgan fingerprint density at radius 1 is 0.632 bits per heavy atom. The molecule has 3 atom stereocenters. The Hall–Kier alpha value is -0.0231. The zero-order valence-electron chi connectivity index (χ0n) is 12.9. The van der Waals surface area contributed by atoms with Gasteiger partial charge in [-0.2, -0.15) is 0 Å². The standard InChI is InChI=1S/C12H28O6Si/c1-7-10(13-4)16-19(17-11(8-2)14-5)18-12(9-3)15-6/h10-12,19H,7-9H2,1-6H3. The van der Waals surface area contributed by atoms with Gasteiger partial charge in [-0.3, -0.25) is 0 Å². The Bertz CT molecular complexity index is 161. The van der Waals surface area contributed by atoms with Crippen LogP contribution in [-0.4, -0.2) is 49.7 Å². The predicted molar refractivity (Wildman–Crippen MR) is 73.7 cm³/mol. The summed E-state index contributed by atoms with van der Waals surface area (Å²) < 4.78 is 32.8. The number of hydrogen-bond acceptors (Lipinski definition) is 6. The van der Waals surface area contributed by atoms with Crippen molar-refractivity contribution in [2.45, 2.75) is 58.9 Å². The van der Waals surface area contributed by atoms with Crippen molar-refractivity contribution in [3.05, 3.63) is 0 Å². The van der Waals surface area contributed by atoms with E-state index >= 15 is 0 Å². The SMILES string of the molecule is CCC(OC)O[SiH](OC(CC)OC)OC(CC)OC. The van der Waals surface area contributed by atoms with Crippen molar-refractivity contribution in [3.8, 4) is 0 Å². The monoisotopic (exact) mass is 296 g/mol. The van der Waals surface area contributed by atoms with Crippen LogP contribution in [0.4, 0.5) is 0 Å². The van der Waals surface area contributed by atoms with E-state index in [9.17, 15) is 0 Å². The van der Waals surface area contributed by atoms with E-state index < -0.39 is 9.53 Å². The first kappa shape index (κ1) is 19.0. The first-order chi connectivity index (χ1) is 9.14. The maximum atomic E-state index is 5.73. The molecule has 0 aromatic rings. The van der Waals surface area contributed by atoms with Crippen molar-refractivity contribution in [2.75, 3.05) is 21.3 Å². The third kappa shape index (κ3) is 7.98. The second-order valence-electron chi connectivity index (χ2n) is 3.92. The fourth-order valence-electron chi connectivity index (χ4n) is 1.42. The van der Waals surface area contributed by atoms with Gasteiger partial charge in [0.2, 0.25) is 0 Å². The summed E-state index contributed by atoms with van der Waals surface area (Å²) in [5.74, 6) is 0. The number of rotatable bonds is 12. The van der Waals surface area contributed by atoms with Crippen LogP contribution in [0, 0.1) is 0 Å². The van der Waals surface area contributed by atoms with Gasteiger partial charge in [0.1, 0.15) is 0 Å². The molecule has 0 spiro atoms. The summed E-state index contributed by atoms with van der Waals surface area (Å²) in [6.07, 6.45) is 1.17. The maximum absolute atomic E-state index is 5.73. The summed E-state index contributed by atoms with van der Waals surface area (Å²) in [7, 11) is 2.41. The largest absolute Gasteiger partial charge is 0.490 e. The van der Waals surface area contributed by atoms with Gasteiger partial charge in [-0.05, 0) is 19.3 Å². The number of methoxy groups -OCH3 is 3. The van der Waals surface area contributed by atoms with Gasteiger partial charge in [0, 0.05) is 21.3 Å². The van der Waals surface area contributed by atoms with E-state index in [0.29, 0.717) is 0 Å². The summed E-state index contributed by atoms with van der Waals surface area (Å²) in [6.45, 7) is 5.92. The Morgan fingerprint density at radius 2 is 0.895 bits per heavy atom. The second-order valence-corrected chi connectivity index (χ2v) is 5.31. The van der Waals surface area contributed by atoms with Crippen LogP contribution in [-0.2, 0) is 27.5 Å². The van der Waals surface area contributed by atoms with Crippen LogP contribution in [0.3, 0.4) is 0 Å². The first-order valence-corrected chi connectivity index (χ1v) is 8.11. The minimum Gasteiger partial charge on any atom is -0.357 e. The average Bonchev–Trinajstić information content (AvgIpc) is 2.46. The number of ether oxygens (including phenoxy) is 3. The predicted octanol–water partition coefficient (Wildman–Crippen LogP) is 1.90. The van der Waals surface area contributed by atoms with Gasteiger partial charge < -0.3 is 27.5 Å². The quantitative estimate of drug-likeness (QED) is 0.405. The highest BCUT2D eigenvalue weighted by atomic mass is 28.3. The van der Waals surface area contributed by atoms with Crippen molar-refractivity contribution in [1.29, 1.82) is 0 Å². The molecule has 3 unspecified atom stereocenters. The highest BCUT2D eigenvalue weighted by Gasteiger charge is 2.27. The van der Waals surface area contributed by atoms with E-state index in [1.54, 1.807) is 21.3 Å². The van der Waals surface area contributed by atoms with Crippen LogP contribution in [0.15, 0.2) is 0 Å². The van der Waals surface area contributed by atoms with E-state index in [-0.39, 0.29) is 18.9 Å². The van der Waals surface area contributed by atoms with E-state index in [4.69, 9.17) is 27.5 Å². The zero-order valence-corrected chi connectivity index (χ0v) is 14.0. The normalized spacial score (nSPS) is 18.0. The third-order valence-corrected chi connectivity index (χ3v) is 4.15. The summed E-state index contributed by atoms with van der Waals surface area (Å²) in [6, 6.07) is 0. The molecule has 0 rings (SSSR count). The molecule has 0 bridgehead atoms. The van der Waals surface area contributed by atoms with Crippen molar-refractivity contribution in [3.63, 3.8) is 0 Å². The lowest BCUT2D eigenvalue weighted by Gasteiger charge is -2.27. The molecule has 0 heterocycles. The van der Waals surface area contributed by atoms with Gasteiger partial charge in [-0.15, -0.1) is 0 Å². The molecule has 0 fully saturated rings. The van der Waals surface area contributed by atoms with Gasteiger partial charge in [-0.1, -0.05) is 20.8 Å². The smallest absolute Gasteiger partial charge is 0.357 e. The van der Waals surface area contributed by atoms with Crippen molar-refractivity contribution in [2.24, 2.45) is 0 Å². The molecule has 0 amide bonds. The van der Waals surface area contributed by atoms with Crippen LogP contribution in [0.1, 0.15) is 40.0 Å². The van der Waals surface area contributed by atoms with Gasteiger partial charge in [-0.25, -0.2) is 0 Å². The molecule has 0 N–H and O–H groups in total. The molecule has 0 aromatic carbocycles. The van der Waals surface area contributed by atoms with Gasteiger partial charge in [0.15, 0.2) is 18.9 Å². The van der Waals surface area contributed by atoms with Crippen LogP contribution in [0.2, 0.25) is 0 Å². The highest BCUT2D eigenvalue weighted by Crippen LogP contribution is 2.11. The molecule has 6 nitrogen and oxygen atoms in total. The lowest BCUT2D eigenvalue weighted by Crippen LogP contribution is -2.40. The van der Waals surface area contributed by atoms with Crippen molar-refractivity contribution < 1.29 is 27.5 Å². The Kier molecular flexibility index (Phi) is 11.8. The van der Waals surface area contributed by atoms with E-state index in [1.807, 2.05) is 20.8 Å². The topological polar surface area (TPSA) is 55.4 Å². The fourth-order valence-corrected chi connectivity index (χ4v) is 3.27. The molecule has 0 radical (unpaired) electrons. The van der Waals surface area contributed by atoms with Crippen molar-refractivity contribution >= 4 is 9.53 Å². The van der Waals surface area contributed by atoms with Crippen LogP contribution >= 0.6 is 0 Å². The summed E-state index contributed by atoms with van der Waals surface area (Å²) in [5.41, 5.74) is 0. The van der Waals surface area contributed by atoms with E-state index in [1.165, 1.54) is 0 Å². The minimum atomic E-state index is -2.39. The lowest BCUT2D eigenvalue weighted by atomic mass is 10.5. The molecule has 19 heavy (non-hydrogen) atoms. The minimum absolute atomic E-state index is 0.333. The molecule has 0 aliphatic carbocycles. The molecular formula is C12H28O6Si. The first-order valence-electron chi connectivity index (χ1n) is 6.69. The van der Waals surface area contributed by atoms with E-state index in [0.717, 1.165) is 19.3 Å². The third-order valence-electron chi connectivity index (χ3n) is 2.58. The average molecular weight is 296 g/mol. The van der Waals surface area contributed by atoms with Crippen LogP contribution in [0.5, 0.6) is 0 Å². The summed E-state index contributed by atoms with van der Waals surface area (Å²) in [4.78, 5) is 0. The molecular weight excluding hydrogens is 268 g/mol.